The van der Waals surface area contributed by atoms with E-state index in [0.717, 1.165) is 67.0 Å². The van der Waals surface area contributed by atoms with Crippen molar-refractivity contribution in [1.29, 1.82) is 0 Å². The van der Waals surface area contributed by atoms with Gasteiger partial charge in [-0.15, -0.1) is 0 Å². The van der Waals surface area contributed by atoms with Gasteiger partial charge in [0.25, 0.3) is 0 Å². The van der Waals surface area contributed by atoms with Crippen molar-refractivity contribution in [3.05, 3.63) is 48.5 Å². The SMILES string of the molecule is O=C(CCNCCCN1CCOCC1)N1c2ccccc2Sc2ccccc21. The second kappa shape index (κ2) is 9.56. The van der Waals surface area contributed by atoms with Crippen molar-refractivity contribution in [2.45, 2.75) is 22.6 Å². The van der Waals surface area contributed by atoms with Crippen LogP contribution >= 0.6 is 11.8 Å². The standard InChI is InChI=1S/C22H27N3O2S/c26-22(10-12-23-11-5-13-24-14-16-27-17-15-24)25-18-6-1-3-8-20(18)28-21-9-4-2-7-19(21)25/h1-4,6-9,23H,5,10-17H2. The summed E-state index contributed by atoms with van der Waals surface area (Å²) in [6, 6.07) is 16.3. The fourth-order valence-electron chi connectivity index (χ4n) is 3.66. The number of fused-ring (bicyclic) bond motifs is 2. The Morgan fingerprint density at radius 2 is 1.61 bits per heavy atom. The minimum absolute atomic E-state index is 0.140. The van der Waals surface area contributed by atoms with E-state index in [9.17, 15) is 4.79 Å². The molecule has 6 heteroatoms. The first-order chi connectivity index (χ1) is 13.8. The van der Waals surface area contributed by atoms with Crippen LogP contribution in [0, 0.1) is 0 Å². The first-order valence-electron chi connectivity index (χ1n) is 10.0. The number of carbonyl (C=O) groups is 1. The molecule has 148 valence electrons. The zero-order valence-electron chi connectivity index (χ0n) is 16.1. The summed E-state index contributed by atoms with van der Waals surface area (Å²) in [4.78, 5) is 19.6. The highest BCUT2D eigenvalue weighted by Crippen LogP contribution is 2.47. The van der Waals surface area contributed by atoms with Gasteiger partial charge in [-0.25, -0.2) is 0 Å². The van der Waals surface area contributed by atoms with E-state index in [1.807, 2.05) is 41.3 Å². The van der Waals surface area contributed by atoms with Gasteiger partial charge < -0.3 is 10.1 Å². The number of para-hydroxylation sites is 2. The van der Waals surface area contributed by atoms with Gasteiger partial charge in [0, 0.05) is 35.8 Å². The van der Waals surface area contributed by atoms with Crippen molar-refractivity contribution in [1.82, 2.24) is 10.2 Å². The van der Waals surface area contributed by atoms with E-state index in [2.05, 4.69) is 22.3 Å². The van der Waals surface area contributed by atoms with Crippen molar-refractivity contribution < 1.29 is 9.53 Å². The predicted molar refractivity (Wildman–Crippen MR) is 114 cm³/mol. The zero-order chi connectivity index (χ0) is 19.2. The zero-order valence-corrected chi connectivity index (χ0v) is 16.9. The Morgan fingerprint density at radius 1 is 0.964 bits per heavy atom. The van der Waals surface area contributed by atoms with Crippen LogP contribution in [0.5, 0.6) is 0 Å². The minimum Gasteiger partial charge on any atom is -0.379 e. The summed E-state index contributed by atoms with van der Waals surface area (Å²) in [5.74, 6) is 0.140. The summed E-state index contributed by atoms with van der Waals surface area (Å²) >= 11 is 1.73. The van der Waals surface area contributed by atoms with E-state index in [1.54, 1.807) is 11.8 Å². The quantitative estimate of drug-likeness (QED) is 0.725. The molecule has 2 aliphatic rings. The molecule has 2 aromatic carbocycles. The van der Waals surface area contributed by atoms with Crippen LogP contribution in [0.3, 0.4) is 0 Å². The number of hydrogen-bond donors (Lipinski definition) is 1. The first-order valence-corrected chi connectivity index (χ1v) is 10.8. The van der Waals surface area contributed by atoms with Crippen LogP contribution in [0.2, 0.25) is 0 Å². The number of anilines is 2. The normalized spacial score (nSPS) is 16.5. The molecule has 0 aliphatic carbocycles. The number of ether oxygens (including phenoxy) is 1. The molecule has 1 fully saturated rings. The van der Waals surface area contributed by atoms with Crippen LogP contribution in [0.4, 0.5) is 11.4 Å². The van der Waals surface area contributed by atoms with Gasteiger partial charge in [0.05, 0.1) is 24.6 Å². The molecule has 2 heterocycles. The Hall–Kier alpha value is -1.86. The summed E-state index contributed by atoms with van der Waals surface area (Å²) in [5, 5.41) is 3.43. The molecule has 2 aliphatic heterocycles. The number of hydrogen-bond acceptors (Lipinski definition) is 5. The lowest BCUT2D eigenvalue weighted by molar-refractivity contribution is -0.117. The van der Waals surface area contributed by atoms with Crippen LogP contribution in [0.25, 0.3) is 0 Å². The third-order valence-corrected chi connectivity index (χ3v) is 6.26. The molecule has 0 radical (unpaired) electrons. The number of carbonyl (C=O) groups excluding carboxylic acids is 1. The molecule has 0 atom stereocenters. The summed E-state index contributed by atoms with van der Waals surface area (Å²) < 4.78 is 5.38. The molecule has 5 nitrogen and oxygen atoms in total. The Kier molecular flexibility index (Phi) is 6.65. The molecule has 0 bridgehead atoms. The smallest absolute Gasteiger partial charge is 0.232 e. The highest BCUT2D eigenvalue weighted by Gasteiger charge is 2.27. The molecule has 0 saturated carbocycles. The van der Waals surface area contributed by atoms with Gasteiger partial charge in [0.1, 0.15) is 0 Å². The van der Waals surface area contributed by atoms with Crippen molar-refractivity contribution in [3.63, 3.8) is 0 Å². The van der Waals surface area contributed by atoms with Gasteiger partial charge >= 0.3 is 0 Å². The van der Waals surface area contributed by atoms with Gasteiger partial charge in [-0.1, -0.05) is 36.0 Å². The van der Waals surface area contributed by atoms with Crippen molar-refractivity contribution >= 4 is 29.0 Å². The van der Waals surface area contributed by atoms with Gasteiger partial charge in [0.15, 0.2) is 0 Å². The lowest BCUT2D eigenvalue weighted by Gasteiger charge is -2.31. The molecule has 1 amide bonds. The third kappa shape index (κ3) is 4.58. The second-order valence-electron chi connectivity index (χ2n) is 7.07. The van der Waals surface area contributed by atoms with Gasteiger partial charge in [-0.2, -0.15) is 0 Å². The van der Waals surface area contributed by atoms with Gasteiger partial charge in [-0.05, 0) is 43.8 Å². The maximum absolute atomic E-state index is 13.1. The monoisotopic (exact) mass is 397 g/mol. The summed E-state index contributed by atoms with van der Waals surface area (Å²) in [7, 11) is 0. The molecular formula is C22H27N3O2S. The highest BCUT2D eigenvalue weighted by atomic mass is 32.2. The number of rotatable bonds is 7. The maximum atomic E-state index is 13.1. The fraction of sp³-hybridized carbons (Fsp3) is 0.409. The number of benzene rings is 2. The molecule has 2 aromatic rings. The number of morpholine rings is 1. The third-order valence-electron chi connectivity index (χ3n) is 5.13. The Morgan fingerprint density at radius 3 is 2.29 bits per heavy atom. The highest BCUT2D eigenvalue weighted by molar-refractivity contribution is 7.99. The van der Waals surface area contributed by atoms with E-state index in [1.165, 1.54) is 0 Å². The molecule has 0 spiro atoms. The molecule has 4 rings (SSSR count). The molecule has 1 saturated heterocycles. The molecule has 0 unspecified atom stereocenters. The largest absolute Gasteiger partial charge is 0.379 e. The summed E-state index contributed by atoms with van der Waals surface area (Å²) in [6.45, 7) is 6.49. The lowest BCUT2D eigenvalue weighted by Crippen LogP contribution is -2.38. The average molecular weight is 398 g/mol. The number of nitrogens with zero attached hydrogens (tertiary/aromatic N) is 2. The average Bonchev–Trinajstić information content (AvgIpc) is 2.75. The van der Waals surface area contributed by atoms with Crippen LogP contribution < -0.4 is 10.2 Å². The maximum Gasteiger partial charge on any atom is 0.232 e. The van der Waals surface area contributed by atoms with Crippen LogP contribution in [-0.2, 0) is 9.53 Å². The van der Waals surface area contributed by atoms with Crippen LogP contribution in [0.1, 0.15) is 12.8 Å². The van der Waals surface area contributed by atoms with Crippen molar-refractivity contribution in [3.8, 4) is 0 Å². The summed E-state index contributed by atoms with van der Waals surface area (Å²) in [5.41, 5.74) is 1.98. The summed E-state index contributed by atoms with van der Waals surface area (Å²) in [6.07, 6.45) is 1.59. The van der Waals surface area contributed by atoms with E-state index in [-0.39, 0.29) is 5.91 Å². The van der Waals surface area contributed by atoms with E-state index in [0.29, 0.717) is 13.0 Å². The fourth-order valence-corrected chi connectivity index (χ4v) is 4.72. The van der Waals surface area contributed by atoms with Crippen LogP contribution in [-0.4, -0.2) is 56.7 Å². The van der Waals surface area contributed by atoms with Gasteiger partial charge in [0.2, 0.25) is 5.91 Å². The second-order valence-corrected chi connectivity index (χ2v) is 8.16. The Balaban J connectivity index is 1.30. The molecule has 0 aromatic heterocycles. The number of nitrogens with one attached hydrogen (secondary N) is 1. The van der Waals surface area contributed by atoms with Crippen molar-refractivity contribution in [2.75, 3.05) is 50.8 Å². The molecule has 28 heavy (non-hydrogen) atoms. The van der Waals surface area contributed by atoms with E-state index >= 15 is 0 Å². The topological polar surface area (TPSA) is 44.8 Å². The Bertz CT molecular complexity index is 762. The Labute approximate surface area is 171 Å². The molecular weight excluding hydrogens is 370 g/mol. The predicted octanol–water partition coefficient (Wildman–Crippen LogP) is 3.52. The minimum atomic E-state index is 0.140. The van der Waals surface area contributed by atoms with Gasteiger partial charge in [-0.3, -0.25) is 14.6 Å². The van der Waals surface area contributed by atoms with E-state index < -0.39 is 0 Å². The lowest BCUT2D eigenvalue weighted by atomic mass is 10.2. The number of amides is 1. The van der Waals surface area contributed by atoms with E-state index in [4.69, 9.17) is 4.74 Å². The van der Waals surface area contributed by atoms with Crippen LogP contribution in [0.15, 0.2) is 58.3 Å². The van der Waals surface area contributed by atoms with Crippen molar-refractivity contribution in [2.24, 2.45) is 0 Å². The molecule has 1 N–H and O–H groups in total. The first kappa shape index (κ1) is 19.5.